The summed E-state index contributed by atoms with van der Waals surface area (Å²) in [4.78, 5) is 4.32. The molecule has 0 amide bonds. The molecule has 24 heavy (non-hydrogen) atoms. The summed E-state index contributed by atoms with van der Waals surface area (Å²) in [5.41, 5.74) is 2.89. The molecule has 0 spiro atoms. The highest BCUT2D eigenvalue weighted by atomic mass is 127. The molecule has 1 aromatic carbocycles. The minimum atomic E-state index is 0.271. The van der Waals surface area contributed by atoms with Crippen LogP contribution in [-0.2, 0) is 0 Å². The van der Waals surface area contributed by atoms with Gasteiger partial charge in [0, 0.05) is 23.7 Å². The molecule has 4 nitrogen and oxygen atoms in total. The lowest BCUT2D eigenvalue weighted by atomic mass is 10.1. The first-order chi connectivity index (χ1) is 11.5. The number of hydrogen-bond donors (Lipinski definition) is 0. The monoisotopic (exact) mass is 431 g/mol. The molecule has 2 aromatic heterocycles. The molecular formula is C19H18IN3O. The number of nitrogens with zero attached hydrogens (tertiary/aromatic N) is 3. The van der Waals surface area contributed by atoms with E-state index in [4.69, 9.17) is 4.74 Å². The van der Waals surface area contributed by atoms with E-state index < -0.39 is 0 Å². The predicted octanol–water partition coefficient (Wildman–Crippen LogP) is 5.09. The number of aromatic nitrogens is 3. The molecule has 0 bridgehead atoms. The Kier molecular flexibility index (Phi) is 4.76. The van der Waals surface area contributed by atoms with Crippen molar-refractivity contribution in [2.75, 3.05) is 0 Å². The van der Waals surface area contributed by atoms with Crippen molar-refractivity contribution in [2.45, 2.75) is 33.7 Å². The van der Waals surface area contributed by atoms with Gasteiger partial charge in [0.1, 0.15) is 5.75 Å². The average Bonchev–Trinajstić information content (AvgIpc) is 2.87. The lowest BCUT2D eigenvalue weighted by molar-refractivity contribution is 0.458. The van der Waals surface area contributed by atoms with Crippen LogP contribution >= 0.6 is 22.6 Å². The van der Waals surface area contributed by atoms with E-state index in [1.54, 1.807) is 6.20 Å². The molecule has 0 fully saturated rings. The van der Waals surface area contributed by atoms with Crippen LogP contribution in [0.2, 0.25) is 0 Å². The van der Waals surface area contributed by atoms with Gasteiger partial charge in [-0.15, -0.1) is 5.92 Å². The van der Waals surface area contributed by atoms with E-state index in [-0.39, 0.29) is 6.04 Å². The van der Waals surface area contributed by atoms with Crippen LogP contribution in [-0.4, -0.2) is 14.8 Å². The number of pyridine rings is 1. The number of rotatable bonds is 3. The van der Waals surface area contributed by atoms with Gasteiger partial charge in [-0.05, 0) is 68.5 Å². The Morgan fingerprint density at radius 3 is 2.75 bits per heavy atom. The topological polar surface area (TPSA) is 39.9 Å². The van der Waals surface area contributed by atoms with Gasteiger partial charge in [-0.2, -0.15) is 5.10 Å². The maximum Gasteiger partial charge on any atom is 0.232 e. The molecule has 0 N–H and O–H groups in total. The average molecular weight is 431 g/mol. The van der Waals surface area contributed by atoms with Gasteiger partial charge in [0.15, 0.2) is 0 Å². The molecule has 0 radical (unpaired) electrons. The third kappa shape index (κ3) is 3.11. The molecular weight excluding hydrogens is 413 g/mol. The Bertz CT molecular complexity index is 964. The normalized spacial score (nSPS) is 10.8. The molecule has 3 aromatic rings. The second-order valence-corrected chi connectivity index (χ2v) is 6.92. The van der Waals surface area contributed by atoms with Gasteiger partial charge in [-0.25, -0.2) is 4.98 Å². The van der Waals surface area contributed by atoms with E-state index in [9.17, 15) is 0 Å². The molecule has 2 heterocycles. The van der Waals surface area contributed by atoms with Crippen LogP contribution in [0, 0.1) is 22.3 Å². The van der Waals surface area contributed by atoms with Crippen molar-refractivity contribution in [1.82, 2.24) is 14.8 Å². The quantitative estimate of drug-likeness (QED) is 0.429. The van der Waals surface area contributed by atoms with Crippen LogP contribution in [0.25, 0.3) is 10.9 Å². The summed E-state index contributed by atoms with van der Waals surface area (Å²) in [6.45, 7) is 8.08. The van der Waals surface area contributed by atoms with Crippen LogP contribution in [0.4, 0.5) is 0 Å². The lowest BCUT2D eigenvalue weighted by Gasteiger charge is -2.11. The molecule has 0 unspecified atom stereocenters. The number of halogens is 1. The molecule has 0 aliphatic rings. The maximum atomic E-state index is 6.08. The lowest BCUT2D eigenvalue weighted by Crippen LogP contribution is -2.03. The van der Waals surface area contributed by atoms with E-state index >= 15 is 0 Å². The van der Waals surface area contributed by atoms with Crippen LogP contribution < -0.4 is 4.74 Å². The summed E-state index contributed by atoms with van der Waals surface area (Å²) in [7, 11) is 0. The summed E-state index contributed by atoms with van der Waals surface area (Å²) >= 11 is 2.22. The number of hydrogen-bond acceptors (Lipinski definition) is 3. The number of aryl methyl sites for hydroxylation is 1. The number of ether oxygens (including phenoxy) is 1. The van der Waals surface area contributed by atoms with Crippen molar-refractivity contribution in [2.24, 2.45) is 0 Å². The number of fused-ring (bicyclic) bond motifs is 1. The first kappa shape index (κ1) is 16.8. The highest BCUT2D eigenvalue weighted by Crippen LogP contribution is 2.33. The third-order valence-electron chi connectivity index (χ3n) is 3.67. The molecule has 0 atom stereocenters. The van der Waals surface area contributed by atoms with E-state index in [0.717, 1.165) is 25.7 Å². The Balaban J connectivity index is 2.20. The number of benzene rings is 1. The summed E-state index contributed by atoms with van der Waals surface area (Å²) < 4.78 is 9.06. The van der Waals surface area contributed by atoms with E-state index in [1.807, 2.05) is 36.7 Å². The highest BCUT2D eigenvalue weighted by molar-refractivity contribution is 14.1. The second-order valence-electron chi connectivity index (χ2n) is 5.76. The minimum Gasteiger partial charge on any atom is -0.437 e. The predicted molar refractivity (Wildman–Crippen MR) is 104 cm³/mol. The standard InChI is InChI=1S/C19H18IN3O/c1-5-7-14-10-15-13(4)22-23(12(2)3)17(15)11-18(14)24-19-16(20)8-6-9-21-19/h6,8-12H,1-4H3. The van der Waals surface area contributed by atoms with Crippen LogP contribution in [0.5, 0.6) is 11.6 Å². The summed E-state index contributed by atoms with van der Waals surface area (Å²) in [6, 6.07) is 8.20. The molecule has 3 rings (SSSR count). The smallest absolute Gasteiger partial charge is 0.232 e. The zero-order valence-corrected chi connectivity index (χ0v) is 16.2. The van der Waals surface area contributed by atoms with Gasteiger partial charge in [-0.3, -0.25) is 4.68 Å². The van der Waals surface area contributed by atoms with Crippen molar-refractivity contribution in [3.05, 3.63) is 45.3 Å². The van der Waals surface area contributed by atoms with Crippen molar-refractivity contribution in [1.29, 1.82) is 0 Å². The first-order valence-corrected chi connectivity index (χ1v) is 8.83. The van der Waals surface area contributed by atoms with Crippen molar-refractivity contribution >= 4 is 33.5 Å². The molecule has 0 saturated carbocycles. The van der Waals surface area contributed by atoms with Gasteiger partial charge in [0.2, 0.25) is 5.88 Å². The van der Waals surface area contributed by atoms with Gasteiger partial charge in [0.05, 0.1) is 20.3 Å². The van der Waals surface area contributed by atoms with Gasteiger partial charge in [0.25, 0.3) is 0 Å². The fraction of sp³-hybridized carbons (Fsp3) is 0.263. The first-order valence-electron chi connectivity index (χ1n) is 7.75. The summed E-state index contributed by atoms with van der Waals surface area (Å²) in [5.74, 6) is 7.38. The van der Waals surface area contributed by atoms with Crippen LogP contribution in [0.15, 0.2) is 30.5 Å². The zero-order valence-electron chi connectivity index (χ0n) is 14.1. The molecule has 122 valence electrons. The highest BCUT2D eigenvalue weighted by Gasteiger charge is 2.15. The van der Waals surface area contributed by atoms with E-state index in [0.29, 0.717) is 11.6 Å². The van der Waals surface area contributed by atoms with E-state index in [1.165, 1.54) is 0 Å². The Labute approximate surface area is 155 Å². The zero-order chi connectivity index (χ0) is 17.3. The fourth-order valence-electron chi connectivity index (χ4n) is 2.58. The third-order valence-corrected chi connectivity index (χ3v) is 4.49. The van der Waals surface area contributed by atoms with Crippen LogP contribution in [0.1, 0.15) is 38.1 Å². The minimum absolute atomic E-state index is 0.271. The van der Waals surface area contributed by atoms with Gasteiger partial charge >= 0.3 is 0 Å². The van der Waals surface area contributed by atoms with Crippen molar-refractivity contribution < 1.29 is 4.74 Å². The Morgan fingerprint density at radius 1 is 1.29 bits per heavy atom. The van der Waals surface area contributed by atoms with E-state index in [2.05, 4.69) is 64.4 Å². The Hall–Kier alpha value is -2.07. The molecule has 0 aliphatic heterocycles. The maximum absolute atomic E-state index is 6.08. The molecule has 5 heteroatoms. The van der Waals surface area contributed by atoms with Gasteiger partial charge < -0.3 is 4.74 Å². The molecule has 0 aliphatic carbocycles. The van der Waals surface area contributed by atoms with Crippen LogP contribution in [0.3, 0.4) is 0 Å². The largest absolute Gasteiger partial charge is 0.437 e. The Morgan fingerprint density at radius 2 is 2.08 bits per heavy atom. The summed E-state index contributed by atoms with van der Waals surface area (Å²) in [6.07, 6.45) is 1.73. The second kappa shape index (κ2) is 6.81. The van der Waals surface area contributed by atoms with Crippen molar-refractivity contribution in [3.63, 3.8) is 0 Å². The SMILES string of the molecule is CC#Cc1cc2c(C)nn(C(C)C)c2cc1Oc1ncccc1I. The molecule has 0 saturated heterocycles. The van der Waals surface area contributed by atoms with Gasteiger partial charge in [-0.1, -0.05) is 5.92 Å². The van der Waals surface area contributed by atoms with Crippen molar-refractivity contribution in [3.8, 4) is 23.5 Å². The fourth-order valence-corrected chi connectivity index (χ4v) is 3.04. The summed E-state index contributed by atoms with van der Waals surface area (Å²) in [5, 5.41) is 5.75.